The standard InChI is InChI=1S/C6H4BrN3.ClH/c7-5-1-4-2-9-10-6(4)8-3-5;/h1-3H,(H,8,9,10);1H. The van der Waals surface area contributed by atoms with Crippen LogP contribution < -0.4 is 0 Å². The van der Waals surface area contributed by atoms with Crippen molar-refractivity contribution in [3.63, 3.8) is 0 Å². The highest BCUT2D eigenvalue weighted by atomic mass is 79.9. The number of fused-ring (bicyclic) bond motifs is 1. The number of aromatic amines is 1. The predicted octanol–water partition coefficient (Wildman–Crippen LogP) is 2.14. The molecule has 3 nitrogen and oxygen atoms in total. The summed E-state index contributed by atoms with van der Waals surface area (Å²) in [6, 6.07) is 1.96. The van der Waals surface area contributed by atoms with Gasteiger partial charge >= 0.3 is 0 Å². The Hall–Kier alpha value is -0.610. The highest BCUT2D eigenvalue weighted by molar-refractivity contribution is 9.10. The summed E-state index contributed by atoms with van der Waals surface area (Å²) in [6.45, 7) is 0. The minimum atomic E-state index is 0. The van der Waals surface area contributed by atoms with Gasteiger partial charge in [-0.15, -0.1) is 12.4 Å². The number of halogens is 2. The SMILES string of the molecule is Brc1cnc2[nH]ncc2c1.Cl. The second kappa shape index (κ2) is 3.19. The lowest BCUT2D eigenvalue weighted by Gasteiger charge is -1.86. The van der Waals surface area contributed by atoms with Crippen LogP contribution in [-0.2, 0) is 0 Å². The number of rotatable bonds is 0. The van der Waals surface area contributed by atoms with Crippen LogP contribution in [0, 0.1) is 0 Å². The molecule has 1 N–H and O–H groups in total. The Morgan fingerprint density at radius 1 is 1.36 bits per heavy atom. The molecular weight excluding hydrogens is 229 g/mol. The van der Waals surface area contributed by atoms with Crippen LogP contribution in [0.2, 0.25) is 0 Å². The number of hydrogen-bond donors (Lipinski definition) is 1. The summed E-state index contributed by atoms with van der Waals surface area (Å²) in [7, 11) is 0. The van der Waals surface area contributed by atoms with Crippen LogP contribution in [0.15, 0.2) is 22.9 Å². The number of hydrogen-bond acceptors (Lipinski definition) is 2. The van der Waals surface area contributed by atoms with E-state index < -0.39 is 0 Å². The van der Waals surface area contributed by atoms with Gasteiger partial charge in [-0.2, -0.15) is 5.10 Å². The molecule has 0 aliphatic heterocycles. The summed E-state index contributed by atoms with van der Waals surface area (Å²) in [6.07, 6.45) is 3.48. The second-order valence-electron chi connectivity index (χ2n) is 1.96. The fraction of sp³-hybridized carbons (Fsp3) is 0. The Bertz CT molecular complexity index is 359. The van der Waals surface area contributed by atoms with Crippen molar-refractivity contribution in [2.75, 3.05) is 0 Å². The van der Waals surface area contributed by atoms with Crippen molar-refractivity contribution in [3.05, 3.63) is 22.9 Å². The Morgan fingerprint density at radius 2 is 2.18 bits per heavy atom. The molecule has 0 atom stereocenters. The first-order valence-corrected chi connectivity index (χ1v) is 3.60. The molecule has 0 aliphatic rings. The van der Waals surface area contributed by atoms with Crippen LogP contribution in [0.3, 0.4) is 0 Å². The largest absolute Gasteiger partial charge is 0.261 e. The number of nitrogens with one attached hydrogen (secondary N) is 1. The maximum absolute atomic E-state index is 4.08. The molecule has 0 unspecified atom stereocenters. The molecular formula is C6H5BrClN3. The van der Waals surface area contributed by atoms with E-state index in [-0.39, 0.29) is 12.4 Å². The summed E-state index contributed by atoms with van der Waals surface area (Å²) in [4.78, 5) is 4.08. The Labute approximate surface area is 77.8 Å². The van der Waals surface area contributed by atoms with Crippen molar-refractivity contribution < 1.29 is 0 Å². The molecule has 0 fully saturated rings. The highest BCUT2D eigenvalue weighted by Gasteiger charge is 1.94. The maximum atomic E-state index is 4.08. The molecule has 0 radical (unpaired) electrons. The fourth-order valence-corrected chi connectivity index (χ4v) is 1.16. The second-order valence-corrected chi connectivity index (χ2v) is 2.88. The predicted molar refractivity (Wildman–Crippen MR) is 48.8 cm³/mol. The van der Waals surface area contributed by atoms with Crippen LogP contribution in [0.25, 0.3) is 11.0 Å². The Balaban J connectivity index is 0.000000605. The summed E-state index contributed by atoms with van der Waals surface area (Å²) >= 11 is 3.31. The van der Waals surface area contributed by atoms with Gasteiger partial charge in [0.2, 0.25) is 0 Å². The van der Waals surface area contributed by atoms with Gasteiger partial charge in [-0.1, -0.05) is 0 Å². The van der Waals surface area contributed by atoms with Crippen molar-refractivity contribution in [1.82, 2.24) is 15.2 Å². The zero-order valence-electron chi connectivity index (χ0n) is 5.41. The van der Waals surface area contributed by atoms with E-state index in [2.05, 4.69) is 31.1 Å². The van der Waals surface area contributed by atoms with Crippen LogP contribution in [0.1, 0.15) is 0 Å². The van der Waals surface area contributed by atoms with Crippen molar-refractivity contribution in [3.8, 4) is 0 Å². The van der Waals surface area contributed by atoms with Crippen LogP contribution in [0.4, 0.5) is 0 Å². The molecule has 2 rings (SSSR count). The quantitative estimate of drug-likeness (QED) is 0.759. The Kier molecular flexibility index (Phi) is 2.46. The molecule has 2 aromatic heterocycles. The van der Waals surface area contributed by atoms with Crippen molar-refractivity contribution in [2.45, 2.75) is 0 Å². The lowest BCUT2D eigenvalue weighted by atomic mass is 10.4. The van der Waals surface area contributed by atoms with E-state index in [1.807, 2.05) is 6.07 Å². The van der Waals surface area contributed by atoms with E-state index in [0.717, 1.165) is 15.5 Å². The molecule has 0 aromatic carbocycles. The molecule has 2 aromatic rings. The molecule has 0 bridgehead atoms. The average Bonchev–Trinajstić information content (AvgIpc) is 2.33. The molecule has 0 aliphatic carbocycles. The van der Waals surface area contributed by atoms with E-state index in [1.54, 1.807) is 12.4 Å². The lowest BCUT2D eigenvalue weighted by molar-refractivity contribution is 1.10. The Morgan fingerprint density at radius 3 is 3.00 bits per heavy atom. The third-order valence-corrected chi connectivity index (χ3v) is 1.69. The third kappa shape index (κ3) is 1.52. The van der Waals surface area contributed by atoms with Gasteiger partial charge in [-0.05, 0) is 22.0 Å². The molecule has 5 heteroatoms. The first-order chi connectivity index (χ1) is 4.86. The normalized spacial score (nSPS) is 9.55. The van der Waals surface area contributed by atoms with Crippen LogP contribution >= 0.6 is 28.3 Å². The van der Waals surface area contributed by atoms with E-state index >= 15 is 0 Å². The maximum Gasteiger partial charge on any atom is 0.155 e. The van der Waals surface area contributed by atoms with Gasteiger partial charge in [-0.25, -0.2) is 4.98 Å². The molecule has 0 saturated heterocycles. The van der Waals surface area contributed by atoms with Gasteiger partial charge in [0, 0.05) is 16.1 Å². The number of pyridine rings is 1. The molecule has 58 valence electrons. The first kappa shape index (κ1) is 8.49. The van der Waals surface area contributed by atoms with E-state index in [4.69, 9.17) is 0 Å². The van der Waals surface area contributed by atoms with E-state index in [9.17, 15) is 0 Å². The van der Waals surface area contributed by atoms with Crippen molar-refractivity contribution >= 4 is 39.4 Å². The fourth-order valence-electron chi connectivity index (χ4n) is 0.810. The summed E-state index contributed by atoms with van der Waals surface area (Å²) < 4.78 is 0.974. The van der Waals surface area contributed by atoms with Crippen LogP contribution in [0.5, 0.6) is 0 Å². The zero-order chi connectivity index (χ0) is 6.97. The number of aromatic nitrogens is 3. The van der Waals surface area contributed by atoms with Crippen molar-refractivity contribution in [1.29, 1.82) is 0 Å². The molecule has 0 spiro atoms. The number of H-pyrrole nitrogens is 1. The van der Waals surface area contributed by atoms with E-state index in [1.165, 1.54) is 0 Å². The van der Waals surface area contributed by atoms with Crippen molar-refractivity contribution in [2.24, 2.45) is 0 Å². The zero-order valence-corrected chi connectivity index (χ0v) is 7.82. The monoisotopic (exact) mass is 233 g/mol. The van der Waals surface area contributed by atoms with Gasteiger partial charge in [0.05, 0.1) is 6.20 Å². The van der Waals surface area contributed by atoms with Gasteiger partial charge in [0.25, 0.3) is 0 Å². The summed E-state index contributed by atoms with van der Waals surface area (Å²) in [5.41, 5.74) is 0.822. The lowest BCUT2D eigenvalue weighted by Crippen LogP contribution is -1.74. The first-order valence-electron chi connectivity index (χ1n) is 2.81. The third-order valence-electron chi connectivity index (χ3n) is 1.26. The van der Waals surface area contributed by atoms with Gasteiger partial charge in [0.1, 0.15) is 0 Å². The highest BCUT2D eigenvalue weighted by Crippen LogP contribution is 2.13. The number of nitrogens with zero attached hydrogens (tertiary/aromatic N) is 2. The molecule has 2 heterocycles. The molecule has 0 saturated carbocycles. The summed E-state index contributed by atoms with van der Waals surface area (Å²) in [5.74, 6) is 0. The molecule has 11 heavy (non-hydrogen) atoms. The van der Waals surface area contributed by atoms with Gasteiger partial charge in [-0.3, -0.25) is 5.10 Å². The topological polar surface area (TPSA) is 41.6 Å². The average molecular weight is 234 g/mol. The summed E-state index contributed by atoms with van der Waals surface area (Å²) in [5, 5.41) is 7.62. The van der Waals surface area contributed by atoms with Gasteiger partial charge < -0.3 is 0 Å². The molecule has 0 amide bonds. The minimum absolute atomic E-state index is 0. The minimum Gasteiger partial charge on any atom is -0.261 e. The van der Waals surface area contributed by atoms with E-state index in [0.29, 0.717) is 0 Å². The van der Waals surface area contributed by atoms with Crippen LogP contribution in [-0.4, -0.2) is 15.2 Å². The van der Waals surface area contributed by atoms with Gasteiger partial charge in [0.15, 0.2) is 5.65 Å². The smallest absolute Gasteiger partial charge is 0.155 e.